The lowest BCUT2D eigenvalue weighted by Crippen LogP contribution is -2.17. The summed E-state index contributed by atoms with van der Waals surface area (Å²) >= 11 is 0. The number of anilines is 2. The van der Waals surface area contributed by atoms with Crippen LogP contribution in [0.15, 0.2) is 6.07 Å². The highest BCUT2D eigenvalue weighted by Gasteiger charge is 2.19. The molecule has 1 fully saturated rings. The maximum absolute atomic E-state index is 11.8. The van der Waals surface area contributed by atoms with Crippen LogP contribution < -0.4 is 11.1 Å². The predicted molar refractivity (Wildman–Crippen MR) is 82.2 cm³/mol. The Morgan fingerprint density at radius 1 is 1.67 bits per heavy atom. The zero-order chi connectivity index (χ0) is 15.4. The van der Waals surface area contributed by atoms with Crippen molar-refractivity contribution in [3.63, 3.8) is 0 Å². The zero-order valence-corrected chi connectivity index (χ0v) is 12.4. The average Bonchev–Trinajstić information content (AvgIpc) is 3.00. The molecule has 1 aliphatic rings. The SMILES string of the molecule is COC(=O)c1cc(NCC2CCOC2)c(C=N)c(N)c1C. The van der Waals surface area contributed by atoms with E-state index in [1.165, 1.54) is 13.3 Å². The highest BCUT2D eigenvalue weighted by Crippen LogP contribution is 2.29. The number of ether oxygens (including phenoxy) is 2. The Bertz CT molecular complexity index is 552. The Hall–Kier alpha value is -2.08. The fraction of sp³-hybridized carbons (Fsp3) is 0.467. The lowest BCUT2D eigenvalue weighted by molar-refractivity contribution is 0.0600. The molecule has 1 aromatic rings. The van der Waals surface area contributed by atoms with Crippen LogP contribution >= 0.6 is 0 Å². The van der Waals surface area contributed by atoms with E-state index in [2.05, 4.69) is 5.32 Å². The number of nitrogens with one attached hydrogen (secondary N) is 2. The summed E-state index contributed by atoms with van der Waals surface area (Å²) in [5.41, 5.74) is 8.81. The van der Waals surface area contributed by atoms with Crippen LogP contribution in [0.5, 0.6) is 0 Å². The molecule has 6 heteroatoms. The van der Waals surface area contributed by atoms with Gasteiger partial charge in [-0.25, -0.2) is 4.79 Å². The molecule has 1 saturated heterocycles. The maximum Gasteiger partial charge on any atom is 0.338 e. The van der Waals surface area contributed by atoms with Crippen molar-refractivity contribution in [3.05, 3.63) is 22.8 Å². The molecule has 1 aromatic carbocycles. The normalized spacial score (nSPS) is 17.5. The minimum absolute atomic E-state index is 0.422. The number of nitrogen functional groups attached to an aromatic ring is 1. The van der Waals surface area contributed by atoms with Gasteiger partial charge in [0.2, 0.25) is 0 Å². The number of hydrogen-bond acceptors (Lipinski definition) is 6. The van der Waals surface area contributed by atoms with E-state index in [-0.39, 0.29) is 0 Å². The highest BCUT2D eigenvalue weighted by molar-refractivity contribution is 6.01. The largest absolute Gasteiger partial charge is 0.465 e. The molecule has 6 nitrogen and oxygen atoms in total. The molecule has 0 aromatic heterocycles. The molecule has 1 heterocycles. The smallest absolute Gasteiger partial charge is 0.338 e. The van der Waals surface area contributed by atoms with Crippen molar-refractivity contribution in [2.75, 3.05) is 37.9 Å². The van der Waals surface area contributed by atoms with Gasteiger partial charge in [0, 0.05) is 42.2 Å². The highest BCUT2D eigenvalue weighted by atomic mass is 16.5. The second-order valence-electron chi connectivity index (χ2n) is 5.17. The molecule has 21 heavy (non-hydrogen) atoms. The quantitative estimate of drug-likeness (QED) is 0.436. The standard InChI is InChI=1S/C15H21N3O3/c1-9-11(15(19)20-2)5-13(12(6-16)14(9)17)18-7-10-3-4-21-8-10/h5-6,10,16,18H,3-4,7-8,17H2,1-2H3. The van der Waals surface area contributed by atoms with Crippen LogP contribution in [0.2, 0.25) is 0 Å². The van der Waals surface area contributed by atoms with Crippen molar-refractivity contribution >= 4 is 23.6 Å². The van der Waals surface area contributed by atoms with E-state index in [1.54, 1.807) is 13.0 Å². The van der Waals surface area contributed by atoms with E-state index >= 15 is 0 Å². The number of hydrogen-bond donors (Lipinski definition) is 3. The summed E-state index contributed by atoms with van der Waals surface area (Å²) in [6.45, 7) is 4.00. The van der Waals surface area contributed by atoms with Gasteiger partial charge in [0.15, 0.2) is 0 Å². The molecule has 0 aliphatic carbocycles. The van der Waals surface area contributed by atoms with E-state index in [9.17, 15) is 4.79 Å². The summed E-state index contributed by atoms with van der Waals surface area (Å²) in [6.07, 6.45) is 2.22. The third-order valence-electron chi connectivity index (χ3n) is 3.83. The number of benzene rings is 1. The number of rotatable bonds is 5. The Morgan fingerprint density at radius 2 is 2.43 bits per heavy atom. The molecule has 0 amide bonds. The van der Waals surface area contributed by atoms with E-state index in [0.717, 1.165) is 26.2 Å². The van der Waals surface area contributed by atoms with Gasteiger partial charge in [-0.15, -0.1) is 0 Å². The second-order valence-corrected chi connectivity index (χ2v) is 5.17. The minimum atomic E-state index is -0.428. The molecule has 0 bridgehead atoms. The third-order valence-corrected chi connectivity index (χ3v) is 3.83. The Balaban J connectivity index is 2.30. The number of nitrogens with two attached hydrogens (primary N) is 1. The predicted octanol–water partition coefficient (Wildman–Crippen LogP) is 1.81. The van der Waals surface area contributed by atoms with Gasteiger partial charge < -0.3 is 25.9 Å². The molecule has 4 N–H and O–H groups in total. The Kier molecular flexibility index (Phi) is 4.80. The molecule has 0 radical (unpaired) electrons. The van der Waals surface area contributed by atoms with Crippen molar-refractivity contribution in [3.8, 4) is 0 Å². The topological polar surface area (TPSA) is 97.4 Å². The summed E-state index contributed by atoms with van der Waals surface area (Å²) in [4.78, 5) is 11.8. The van der Waals surface area contributed by atoms with Gasteiger partial charge in [0.1, 0.15) is 0 Å². The maximum atomic E-state index is 11.8. The summed E-state index contributed by atoms with van der Waals surface area (Å²) in [5, 5.41) is 10.8. The van der Waals surface area contributed by atoms with Gasteiger partial charge in [-0.1, -0.05) is 0 Å². The van der Waals surface area contributed by atoms with Crippen LogP contribution in [-0.4, -0.2) is 39.1 Å². The van der Waals surface area contributed by atoms with Gasteiger partial charge in [0.25, 0.3) is 0 Å². The van der Waals surface area contributed by atoms with Gasteiger partial charge in [-0.2, -0.15) is 0 Å². The van der Waals surface area contributed by atoms with Crippen LogP contribution in [-0.2, 0) is 9.47 Å². The monoisotopic (exact) mass is 291 g/mol. The molecule has 0 saturated carbocycles. The molecular formula is C15H21N3O3. The first-order chi connectivity index (χ1) is 10.1. The number of carbonyl (C=O) groups excluding carboxylic acids is 1. The van der Waals surface area contributed by atoms with Crippen molar-refractivity contribution in [1.29, 1.82) is 5.41 Å². The molecular weight excluding hydrogens is 270 g/mol. The summed E-state index contributed by atoms with van der Waals surface area (Å²) in [5.74, 6) is 0.00988. The van der Waals surface area contributed by atoms with E-state index < -0.39 is 5.97 Å². The van der Waals surface area contributed by atoms with Gasteiger partial charge >= 0.3 is 5.97 Å². The molecule has 1 unspecified atom stereocenters. The lowest BCUT2D eigenvalue weighted by atomic mass is 9.99. The number of esters is 1. The first-order valence-electron chi connectivity index (χ1n) is 6.92. The summed E-state index contributed by atoms with van der Waals surface area (Å²) < 4.78 is 10.1. The molecule has 1 aliphatic heterocycles. The van der Waals surface area contributed by atoms with Crippen molar-refractivity contribution in [2.45, 2.75) is 13.3 Å². The zero-order valence-electron chi connectivity index (χ0n) is 12.4. The first-order valence-corrected chi connectivity index (χ1v) is 6.92. The number of carbonyl (C=O) groups is 1. The van der Waals surface area contributed by atoms with Crippen LogP contribution in [0.1, 0.15) is 27.9 Å². The molecule has 114 valence electrons. The minimum Gasteiger partial charge on any atom is -0.465 e. The Labute approximate surface area is 124 Å². The third kappa shape index (κ3) is 3.16. The van der Waals surface area contributed by atoms with E-state index in [1.807, 2.05) is 0 Å². The van der Waals surface area contributed by atoms with Crippen molar-refractivity contribution in [2.24, 2.45) is 5.92 Å². The van der Waals surface area contributed by atoms with E-state index in [4.69, 9.17) is 20.6 Å². The van der Waals surface area contributed by atoms with E-state index in [0.29, 0.717) is 34.0 Å². The summed E-state index contributed by atoms with van der Waals surface area (Å²) in [6, 6.07) is 1.70. The van der Waals surface area contributed by atoms with Crippen LogP contribution in [0.4, 0.5) is 11.4 Å². The fourth-order valence-electron chi connectivity index (χ4n) is 2.44. The van der Waals surface area contributed by atoms with Crippen molar-refractivity contribution in [1.82, 2.24) is 0 Å². The molecule has 2 rings (SSSR count). The van der Waals surface area contributed by atoms with Crippen LogP contribution in [0.3, 0.4) is 0 Å². The number of methoxy groups -OCH3 is 1. The van der Waals surface area contributed by atoms with Gasteiger partial charge in [0.05, 0.1) is 19.3 Å². The summed E-state index contributed by atoms with van der Waals surface area (Å²) in [7, 11) is 1.34. The van der Waals surface area contributed by atoms with Gasteiger partial charge in [-0.3, -0.25) is 0 Å². The van der Waals surface area contributed by atoms with Crippen LogP contribution in [0.25, 0.3) is 0 Å². The van der Waals surface area contributed by atoms with Gasteiger partial charge in [-0.05, 0) is 25.0 Å². The molecule has 1 atom stereocenters. The second kappa shape index (κ2) is 6.58. The molecule has 0 spiro atoms. The fourth-order valence-corrected chi connectivity index (χ4v) is 2.44. The Morgan fingerprint density at radius 3 is 3.00 bits per heavy atom. The average molecular weight is 291 g/mol. The first kappa shape index (κ1) is 15.3. The lowest BCUT2D eigenvalue weighted by Gasteiger charge is -2.17. The van der Waals surface area contributed by atoms with Crippen LogP contribution in [0, 0.1) is 18.3 Å². The van der Waals surface area contributed by atoms with Crippen molar-refractivity contribution < 1.29 is 14.3 Å².